The summed E-state index contributed by atoms with van der Waals surface area (Å²) in [6.45, 7) is 21.0. The van der Waals surface area contributed by atoms with Crippen LogP contribution in [0.5, 0.6) is 5.75 Å². The van der Waals surface area contributed by atoms with Crippen molar-refractivity contribution in [2.75, 3.05) is 26.8 Å². The van der Waals surface area contributed by atoms with Gasteiger partial charge in [-0.1, -0.05) is 63.2 Å². The van der Waals surface area contributed by atoms with Crippen LogP contribution in [0.4, 0.5) is 4.79 Å². The lowest BCUT2D eigenvalue weighted by atomic mass is 9.87. The monoisotopic (exact) mass is 648 g/mol. The summed E-state index contributed by atoms with van der Waals surface area (Å²) in [6, 6.07) is 14.8. The third-order valence-corrected chi connectivity index (χ3v) is 14.2. The number of nitrogens with zero attached hydrogens (tertiary/aromatic N) is 2. The largest absolute Gasteiger partial charge is 0.496 e. The number of ether oxygens (including phenoxy) is 2. The van der Waals surface area contributed by atoms with Crippen LogP contribution in [0.3, 0.4) is 0 Å². The molecule has 0 spiro atoms. The normalized spacial score (nSPS) is 17.4. The Balaban J connectivity index is 1.55. The highest BCUT2D eigenvalue weighted by atomic mass is 28.4. The summed E-state index contributed by atoms with van der Waals surface area (Å²) >= 11 is 0. The van der Waals surface area contributed by atoms with Crippen molar-refractivity contribution in [3.8, 4) is 5.75 Å². The summed E-state index contributed by atoms with van der Waals surface area (Å²) in [4.78, 5) is 31.4. The first-order valence-electron chi connectivity index (χ1n) is 16.8. The SMILES string of the molecule is COc1cccc(CN(C(=O)C2CN(C(=O)OC(C)(C)C)CC=C2c2ccc(CCCO[Si](C)(C)C(C)(C)C)cc2)C2CC2)c1C. The number of carbonyl (C=O) groups is 2. The molecule has 252 valence electrons. The van der Waals surface area contributed by atoms with Crippen molar-refractivity contribution in [2.24, 2.45) is 5.92 Å². The fourth-order valence-corrected chi connectivity index (χ4v) is 6.73. The highest BCUT2D eigenvalue weighted by molar-refractivity contribution is 6.74. The van der Waals surface area contributed by atoms with Gasteiger partial charge in [0, 0.05) is 32.3 Å². The lowest BCUT2D eigenvalue weighted by molar-refractivity contribution is -0.135. The second-order valence-corrected chi connectivity index (χ2v) is 20.3. The van der Waals surface area contributed by atoms with Crippen LogP contribution in [0.2, 0.25) is 18.1 Å². The van der Waals surface area contributed by atoms with E-state index in [2.05, 4.69) is 64.2 Å². The molecule has 2 amide bonds. The van der Waals surface area contributed by atoms with E-state index in [1.807, 2.05) is 50.8 Å². The van der Waals surface area contributed by atoms with E-state index in [9.17, 15) is 9.59 Å². The predicted molar refractivity (Wildman–Crippen MR) is 188 cm³/mol. The van der Waals surface area contributed by atoms with E-state index in [-0.39, 0.29) is 23.5 Å². The zero-order chi connectivity index (χ0) is 33.9. The van der Waals surface area contributed by atoms with E-state index < -0.39 is 25.9 Å². The van der Waals surface area contributed by atoms with Gasteiger partial charge in [-0.2, -0.15) is 0 Å². The van der Waals surface area contributed by atoms with E-state index in [4.69, 9.17) is 13.9 Å². The topological polar surface area (TPSA) is 68.3 Å². The fraction of sp³-hybridized carbons (Fsp3) is 0.579. The van der Waals surface area contributed by atoms with Crippen LogP contribution < -0.4 is 4.74 Å². The minimum absolute atomic E-state index is 0.0519. The maximum absolute atomic E-state index is 14.5. The Bertz CT molecular complexity index is 1400. The van der Waals surface area contributed by atoms with E-state index >= 15 is 0 Å². The third-order valence-electron chi connectivity index (χ3n) is 9.65. The van der Waals surface area contributed by atoms with E-state index in [1.54, 1.807) is 12.0 Å². The number of benzene rings is 2. The van der Waals surface area contributed by atoms with Crippen molar-refractivity contribution in [1.82, 2.24) is 9.80 Å². The molecule has 1 unspecified atom stereocenters. The first-order valence-corrected chi connectivity index (χ1v) is 19.8. The quantitative estimate of drug-likeness (QED) is 0.181. The van der Waals surface area contributed by atoms with Crippen LogP contribution in [0.25, 0.3) is 5.57 Å². The molecule has 1 aliphatic heterocycles. The second-order valence-electron chi connectivity index (χ2n) is 15.4. The number of hydrogen-bond acceptors (Lipinski definition) is 5. The van der Waals surface area contributed by atoms with Gasteiger partial charge in [0.15, 0.2) is 8.32 Å². The molecule has 7 nitrogen and oxygen atoms in total. The van der Waals surface area contributed by atoms with E-state index in [0.717, 1.165) is 60.3 Å². The van der Waals surface area contributed by atoms with Crippen LogP contribution in [-0.2, 0) is 26.9 Å². The molecule has 1 aliphatic carbocycles. The van der Waals surface area contributed by atoms with Gasteiger partial charge in [-0.25, -0.2) is 4.79 Å². The molecule has 1 heterocycles. The van der Waals surface area contributed by atoms with Crippen LogP contribution in [-0.4, -0.2) is 68.6 Å². The summed E-state index contributed by atoms with van der Waals surface area (Å²) in [5, 5.41) is 0.206. The summed E-state index contributed by atoms with van der Waals surface area (Å²) in [5.41, 5.74) is 4.76. The Labute approximate surface area is 278 Å². The van der Waals surface area contributed by atoms with Gasteiger partial charge in [-0.15, -0.1) is 0 Å². The maximum Gasteiger partial charge on any atom is 0.410 e. The van der Waals surface area contributed by atoms with Crippen molar-refractivity contribution in [3.63, 3.8) is 0 Å². The van der Waals surface area contributed by atoms with Gasteiger partial charge < -0.3 is 23.7 Å². The lowest BCUT2D eigenvalue weighted by Crippen LogP contribution is -2.48. The van der Waals surface area contributed by atoms with Crippen molar-refractivity contribution in [1.29, 1.82) is 0 Å². The van der Waals surface area contributed by atoms with Crippen LogP contribution in [0, 0.1) is 12.8 Å². The minimum Gasteiger partial charge on any atom is -0.496 e. The van der Waals surface area contributed by atoms with Gasteiger partial charge in [0.1, 0.15) is 11.4 Å². The molecule has 4 rings (SSSR count). The average molecular weight is 649 g/mol. The molecule has 8 heteroatoms. The molecule has 1 atom stereocenters. The zero-order valence-electron chi connectivity index (χ0n) is 29.9. The van der Waals surface area contributed by atoms with Crippen molar-refractivity contribution < 1.29 is 23.5 Å². The van der Waals surface area contributed by atoms with Crippen molar-refractivity contribution in [2.45, 2.75) is 110 Å². The maximum atomic E-state index is 14.5. The number of methoxy groups -OCH3 is 1. The van der Waals surface area contributed by atoms with Crippen LogP contribution >= 0.6 is 0 Å². The smallest absolute Gasteiger partial charge is 0.410 e. The second kappa shape index (κ2) is 14.3. The predicted octanol–water partition coefficient (Wildman–Crippen LogP) is 8.40. The van der Waals surface area contributed by atoms with E-state index in [1.165, 1.54) is 5.56 Å². The Morgan fingerprint density at radius 2 is 1.67 bits per heavy atom. The summed E-state index contributed by atoms with van der Waals surface area (Å²) in [7, 11) is -0.0778. The van der Waals surface area contributed by atoms with Gasteiger partial charge in [0.05, 0.1) is 13.0 Å². The standard InChI is InChI=1S/C38H56N2O5Si/c1-27-30(14-11-15-34(27)43-8)25-40(31-20-21-31)35(41)33-26-39(36(42)45-37(2,3)4)23-22-32(33)29-18-16-28(17-19-29)13-12-24-44-46(9,10)38(5,6)7/h11,14-19,22,31,33H,12-13,20-21,23-26H2,1-10H3. The highest BCUT2D eigenvalue weighted by Gasteiger charge is 2.41. The van der Waals surface area contributed by atoms with Gasteiger partial charge in [0.2, 0.25) is 5.91 Å². The summed E-state index contributed by atoms with van der Waals surface area (Å²) < 4.78 is 17.7. The Morgan fingerprint density at radius 3 is 2.26 bits per heavy atom. The molecule has 2 aliphatic rings. The number of carbonyl (C=O) groups excluding carboxylic acids is 2. The first kappa shape index (κ1) is 35.7. The van der Waals surface area contributed by atoms with Crippen molar-refractivity contribution >= 4 is 25.9 Å². The number of aryl methyl sites for hydroxylation is 1. The first-order chi connectivity index (χ1) is 21.5. The van der Waals surface area contributed by atoms with Crippen molar-refractivity contribution in [3.05, 3.63) is 70.8 Å². The van der Waals surface area contributed by atoms with E-state index in [0.29, 0.717) is 13.1 Å². The molecule has 46 heavy (non-hydrogen) atoms. The minimum atomic E-state index is -1.75. The Kier molecular flexibility index (Phi) is 11.1. The van der Waals surface area contributed by atoms with Crippen LogP contribution in [0.15, 0.2) is 48.5 Å². The Morgan fingerprint density at radius 1 is 1.00 bits per heavy atom. The highest BCUT2D eigenvalue weighted by Crippen LogP contribution is 2.38. The Hall–Kier alpha value is -3.10. The van der Waals surface area contributed by atoms with Gasteiger partial charge in [-0.3, -0.25) is 4.79 Å². The van der Waals surface area contributed by atoms with Crippen LogP contribution in [0.1, 0.15) is 83.1 Å². The molecule has 0 radical (unpaired) electrons. The molecule has 1 saturated carbocycles. The third kappa shape index (κ3) is 9.03. The fourth-order valence-electron chi connectivity index (χ4n) is 5.64. The molecule has 0 N–H and O–H groups in total. The number of amides is 2. The average Bonchev–Trinajstić information content (AvgIpc) is 3.82. The van der Waals surface area contributed by atoms with Gasteiger partial charge >= 0.3 is 6.09 Å². The zero-order valence-corrected chi connectivity index (χ0v) is 30.9. The lowest BCUT2D eigenvalue weighted by Gasteiger charge is -2.36. The molecule has 2 aromatic rings. The molecule has 0 aromatic heterocycles. The van der Waals surface area contributed by atoms with Gasteiger partial charge in [-0.05, 0) is 105 Å². The van der Waals surface area contributed by atoms with Gasteiger partial charge in [0.25, 0.3) is 0 Å². The summed E-state index contributed by atoms with van der Waals surface area (Å²) in [5.74, 6) is 0.384. The molecule has 0 bridgehead atoms. The summed E-state index contributed by atoms with van der Waals surface area (Å²) in [6.07, 6.45) is 5.55. The molecular weight excluding hydrogens is 593 g/mol. The molecule has 0 saturated heterocycles. The number of rotatable bonds is 11. The molecule has 1 fully saturated rings. The number of hydrogen-bond donors (Lipinski definition) is 0. The molecular formula is C38H56N2O5Si. The molecule has 2 aromatic carbocycles.